The van der Waals surface area contributed by atoms with Gasteiger partial charge in [0.05, 0.1) is 19.4 Å². The molecule has 1 aromatic carbocycles. The van der Waals surface area contributed by atoms with E-state index in [1.165, 1.54) is 0 Å². The number of carbonyl (C=O) groups is 2. The summed E-state index contributed by atoms with van der Waals surface area (Å²) in [5.74, 6) is 0.840. The van der Waals surface area contributed by atoms with Gasteiger partial charge in [-0.3, -0.25) is 5.32 Å². The highest BCUT2D eigenvalue weighted by Crippen LogP contribution is 2.25. The standard InChI is InChI=1S/C20H28N2O5/c1-25-18-9-5-4-8-17(18)21-19(23)26-14-15-10-12-22(13-11-15)20(24)27-16-6-2-3-7-16/h4-5,8-9,15-16H,2-3,6-7,10-14H2,1H3,(H,21,23). The third kappa shape index (κ3) is 5.52. The van der Waals surface area contributed by atoms with Gasteiger partial charge in [0.1, 0.15) is 11.9 Å². The van der Waals surface area contributed by atoms with E-state index >= 15 is 0 Å². The first-order chi connectivity index (χ1) is 13.2. The molecule has 1 heterocycles. The van der Waals surface area contributed by atoms with Gasteiger partial charge in [0, 0.05) is 13.1 Å². The number of methoxy groups -OCH3 is 1. The molecule has 0 radical (unpaired) electrons. The van der Waals surface area contributed by atoms with Crippen LogP contribution in [0.25, 0.3) is 0 Å². The molecule has 7 heteroatoms. The Balaban J connectivity index is 1.36. The van der Waals surface area contributed by atoms with Crippen molar-refractivity contribution in [2.45, 2.75) is 44.6 Å². The minimum atomic E-state index is -0.498. The lowest BCUT2D eigenvalue weighted by Gasteiger charge is -2.31. The van der Waals surface area contributed by atoms with E-state index in [0.29, 0.717) is 31.1 Å². The normalized spacial score (nSPS) is 18.2. The van der Waals surface area contributed by atoms with E-state index in [-0.39, 0.29) is 18.1 Å². The first-order valence-corrected chi connectivity index (χ1v) is 9.68. The van der Waals surface area contributed by atoms with E-state index in [0.717, 1.165) is 38.5 Å². The van der Waals surface area contributed by atoms with Crippen molar-refractivity contribution in [3.63, 3.8) is 0 Å². The Labute approximate surface area is 160 Å². The van der Waals surface area contributed by atoms with Gasteiger partial charge in [-0.2, -0.15) is 0 Å². The molecule has 2 fully saturated rings. The van der Waals surface area contributed by atoms with Crippen LogP contribution in [0.5, 0.6) is 5.75 Å². The minimum absolute atomic E-state index is 0.0947. The van der Waals surface area contributed by atoms with Crippen LogP contribution >= 0.6 is 0 Å². The van der Waals surface area contributed by atoms with Crippen LogP contribution in [0.3, 0.4) is 0 Å². The van der Waals surface area contributed by atoms with Crippen molar-refractivity contribution in [3.8, 4) is 5.75 Å². The van der Waals surface area contributed by atoms with Crippen molar-refractivity contribution >= 4 is 17.9 Å². The number of hydrogen-bond donors (Lipinski definition) is 1. The van der Waals surface area contributed by atoms with Gasteiger partial charge < -0.3 is 19.1 Å². The van der Waals surface area contributed by atoms with Crippen LogP contribution in [0.15, 0.2) is 24.3 Å². The average Bonchev–Trinajstić information content (AvgIpc) is 3.20. The Hall–Kier alpha value is -2.44. The van der Waals surface area contributed by atoms with Crippen molar-refractivity contribution < 1.29 is 23.8 Å². The van der Waals surface area contributed by atoms with E-state index in [1.54, 1.807) is 24.1 Å². The van der Waals surface area contributed by atoms with E-state index < -0.39 is 6.09 Å². The van der Waals surface area contributed by atoms with Gasteiger partial charge in [-0.05, 0) is 56.6 Å². The molecule has 2 amide bonds. The minimum Gasteiger partial charge on any atom is -0.495 e. The molecular formula is C20H28N2O5. The quantitative estimate of drug-likeness (QED) is 0.839. The van der Waals surface area contributed by atoms with Gasteiger partial charge in [0.15, 0.2) is 0 Å². The Morgan fingerprint density at radius 3 is 2.52 bits per heavy atom. The molecule has 0 aromatic heterocycles. The van der Waals surface area contributed by atoms with Crippen LogP contribution in [-0.2, 0) is 9.47 Å². The van der Waals surface area contributed by atoms with Gasteiger partial charge in [-0.1, -0.05) is 12.1 Å². The summed E-state index contributed by atoms with van der Waals surface area (Å²) in [6.45, 7) is 1.63. The zero-order chi connectivity index (χ0) is 19.1. The summed E-state index contributed by atoms with van der Waals surface area (Å²) < 4.78 is 16.1. The molecule has 1 aliphatic carbocycles. The number of carbonyl (C=O) groups excluding carboxylic acids is 2. The lowest BCUT2D eigenvalue weighted by Crippen LogP contribution is -2.41. The van der Waals surface area contributed by atoms with Gasteiger partial charge >= 0.3 is 12.2 Å². The highest BCUT2D eigenvalue weighted by atomic mass is 16.6. The number of rotatable bonds is 5. The third-order valence-electron chi connectivity index (χ3n) is 5.24. The number of benzene rings is 1. The summed E-state index contributed by atoms with van der Waals surface area (Å²) in [5, 5.41) is 2.70. The maximum atomic E-state index is 12.2. The molecule has 7 nitrogen and oxygen atoms in total. The Morgan fingerprint density at radius 2 is 1.81 bits per heavy atom. The highest BCUT2D eigenvalue weighted by molar-refractivity contribution is 5.86. The van der Waals surface area contributed by atoms with Crippen molar-refractivity contribution in [2.75, 3.05) is 32.1 Å². The number of amides is 2. The van der Waals surface area contributed by atoms with Crippen LogP contribution in [0, 0.1) is 5.92 Å². The number of hydrogen-bond acceptors (Lipinski definition) is 5. The molecule has 1 saturated heterocycles. The maximum Gasteiger partial charge on any atom is 0.411 e. The largest absolute Gasteiger partial charge is 0.495 e. The molecule has 1 aromatic rings. The number of ether oxygens (including phenoxy) is 3. The number of piperidine rings is 1. The van der Waals surface area contributed by atoms with Gasteiger partial charge in [-0.25, -0.2) is 9.59 Å². The number of anilines is 1. The molecule has 0 bridgehead atoms. The highest BCUT2D eigenvalue weighted by Gasteiger charge is 2.27. The van der Waals surface area contributed by atoms with Crippen LogP contribution < -0.4 is 10.1 Å². The third-order valence-corrected chi connectivity index (χ3v) is 5.24. The fraction of sp³-hybridized carbons (Fsp3) is 0.600. The first-order valence-electron chi connectivity index (χ1n) is 9.68. The van der Waals surface area contributed by atoms with Gasteiger partial charge in [-0.15, -0.1) is 0 Å². The van der Waals surface area contributed by atoms with Crippen molar-refractivity contribution in [2.24, 2.45) is 5.92 Å². The summed E-state index contributed by atoms with van der Waals surface area (Å²) in [4.78, 5) is 26.0. The summed E-state index contributed by atoms with van der Waals surface area (Å²) >= 11 is 0. The van der Waals surface area contributed by atoms with Crippen LogP contribution in [0.2, 0.25) is 0 Å². The second-order valence-electron chi connectivity index (χ2n) is 7.14. The number of nitrogens with one attached hydrogen (secondary N) is 1. The predicted octanol–water partition coefficient (Wildman–Crippen LogP) is 4.03. The first kappa shape index (κ1) is 19.3. The fourth-order valence-electron chi connectivity index (χ4n) is 3.59. The van der Waals surface area contributed by atoms with E-state index in [4.69, 9.17) is 14.2 Å². The van der Waals surface area contributed by atoms with Crippen LogP contribution in [-0.4, -0.2) is 50.0 Å². The predicted molar refractivity (Wildman–Crippen MR) is 101 cm³/mol. The molecule has 1 aliphatic heterocycles. The molecule has 0 unspecified atom stereocenters. The van der Waals surface area contributed by atoms with Crippen molar-refractivity contribution in [3.05, 3.63) is 24.3 Å². The van der Waals surface area contributed by atoms with Gasteiger partial charge in [0.25, 0.3) is 0 Å². The molecule has 27 heavy (non-hydrogen) atoms. The lowest BCUT2D eigenvalue weighted by atomic mass is 9.98. The topological polar surface area (TPSA) is 77.1 Å². The van der Waals surface area contributed by atoms with Crippen molar-refractivity contribution in [1.29, 1.82) is 0 Å². The smallest absolute Gasteiger partial charge is 0.411 e. The molecule has 148 valence electrons. The number of nitrogens with zero attached hydrogens (tertiary/aromatic N) is 1. The number of para-hydroxylation sites is 2. The molecule has 0 spiro atoms. The Kier molecular flexibility index (Phi) is 6.79. The summed E-state index contributed by atoms with van der Waals surface area (Å²) in [7, 11) is 1.55. The zero-order valence-corrected chi connectivity index (χ0v) is 15.8. The summed E-state index contributed by atoms with van der Waals surface area (Å²) in [5.41, 5.74) is 0.578. The monoisotopic (exact) mass is 376 g/mol. The molecule has 1 N–H and O–H groups in total. The van der Waals surface area contributed by atoms with Crippen molar-refractivity contribution in [1.82, 2.24) is 4.90 Å². The SMILES string of the molecule is COc1ccccc1NC(=O)OCC1CCN(C(=O)OC2CCCC2)CC1. The fourth-order valence-corrected chi connectivity index (χ4v) is 3.59. The lowest BCUT2D eigenvalue weighted by molar-refractivity contribution is 0.0485. The second kappa shape index (κ2) is 9.48. The summed E-state index contributed by atoms with van der Waals surface area (Å²) in [6.07, 6.45) is 5.27. The molecule has 3 rings (SSSR count). The maximum absolute atomic E-state index is 12.2. The van der Waals surface area contributed by atoms with Gasteiger partial charge in [0.2, 0.25) is 0 Å². The Bertz CT molecular complexity index is 637. The van der Waals surface area contributed by atoms with E-state index in [9.17, 15) is 9.59 Å². The second-order valence-corrected chi connectivity index (χ2v) is 7.14. The van der Waals surface area contributed by atoms with Crippen LogP contribution in [0.4, 0.5) is 15.3 Å². The average molecular weight is 376 g/mol. The zero-order valence-electron chi connectivity index (χ0n) is 15.8. The van der Waals surface area contributed by atoms with E-state index in [1.807, 2.05) is 12.1 Å². The molecule has 0 atom stereocenters. The summed E-state index contributed by atoms with van der Waals surface area (Å²) in [6, 6.07) is 7.18. The molecule has 1 saturated carbocycles. The Morgan fingerprint density at radius 1 is 1.11 bits per heavy atom. The van der Waals surface area contributed by atoms with E-state index in [2.05, 4.69) is 5.32 Å². The van der Waals surface area contributed by atoms with Crippen LogP contribution in [0.1, 0.15) is 38.5 Å². The molecular weight excluding hydrogens is 348 g/mol. The molecule has 2 aliphatic rings. The number of likely N-dealkylation sites (tertiary alicyclic amines) is 1.